The van der Waals surface area contributed by atoms with Gasteiger partial charge in [0.05, 0.1) is 18.8 Å². The number of hydrogen-bond donors (Lipinski definition) is 0. The fourth-order valence-corrected chi connectivity index (χ4v) is 4.71. The quantitative estimate of drug-likeness (QED) is 0.720. The summed E-state index contributed by atoms with van der Waals surface area (Å²) in [5.74, 6) is 1.58. The Morgan fingerprint density at radius 2 is 1.84 bits per heavy atom. The number of nitrogens with zero attached hydrogens (tertiary/aromatic N) is 2. The number of likely N-dealkylation sites (N-methyl/N-ethyl adjacent to an activating group) is 1. The number of carbonyl (C=O) groups is 2. The van der Waals surface area contributed by atoms with Crippen molar-refractivity contribution in [3.05, 3.63) is 29.8 Å². The van der Waals surface area contributed by atoms with E-state index in [0.717, 1.165) is 58.2 Å². The molecule has 1 saturated heterocycles. The molecule has 2 aliphatic heterocycles. The Morgan fingerprint density at radius 1 is 1.06 bits per heavy atom. The predicted octanol–water partition coefficient (Wildman–Crippen LogP) is 3.75. The number of carbonyl (C=O) groups excluding carboxylic acids is 2. The van der Waals surface area contributed by atoms with E-state index in [-0.39, 0.29) is 11.3 Å². The van der Waals surface area contributed by atoms with Crippen molar-refractivity contribution in [2.45, 2.75) is 51.4 Å². The number of para-hydroxylation sites is 1. The Hall–Kier alpha value is -2.08. The standard InChI is InChI=1S/C25H36N2O4/c1-26-15-17-30-16-5-4-10-25(19-31-22-7-3-2-6-21(22)24(26)29)11-13-27(14-12-25)23(28)18-20-8-9-20/h2-3,6-7,20H,4-5,8-19H2,1H3. The van der Waals surface area contributed by atoms with Gasteiger partial charge in [-0.05, 0) is 56.6 Å². The average Bonchev–Trinajstić information content (AvgIpc) is 3.60. The highest BCUT2D eigenvalue weighted by Crippen LogP contribution is 2.39. The zero-order valence-corrected chi connectivity index (χ0v) is 18.8. The summed E-state index contributed by atoms with van der Waals surface area (Å²) in [4.78, 5) is 29.3. The van der Waals surface area contributed by atoms with Gasteiger partial charge in [0.15, 0.2) is 0 Å². The Bertz CT molecular complexity index is 769. The molecule has 0 N–H and O–H groups in total. The van der Waals surface area contributed by atoms with Gasteiger partial charge in [-0.1, -0.05) is 18.6 Å². The SMILES string of the molecule is CN1CCOCCCCC2(CCN(C(=O)CC3CC3)CC2)COc2ccccc2C1=O. The summed E-state index contributed by atoms with van der Waals surface area (Å²) in [5.41, 5.74) is 0.650. The van der Waals surface area contributed by atoms with E-state index in [1.165, 1.54) is 12.8 Å². The summed E-state index contributed by atoms with van der Waals surface area (Å²) < 4.78 is 12.1. The van der Waals surface area contributed by atoms with Crippen molar-refractivity contribution >= 4 is 11.8 Å². The van der Waals surface area contributed by atoms with Gasteiger partial charge >= 0.3 is 0 Å². The van der Waals surface area contributed by atoms with E-state index in [9.17, 15) is 9.59 Å². The molecule has 3 aliphatic rings. The maximum atomic E-state index is 12.9. The van der Waals surface area contributed by atoms with Crippen LogP contribution in [0, 0.1) is 11.3 Å². The lowest BCUT2D eigenvalue weighted by molar-refractivity contribution is -0.134. The molecule has 1 aromatic carbocycles. The molecule has 2 fully saturated rings. The van der Waals surface area contributed by atoms with Crippen LogP contribution in [0.2, 0.25) is 0 Å². The van der Waals surface area contributed by atoms with Crippen LogP contribution in [0.4, 0.5) is 0 Å². The second-order valence-electron chi connectivity index (χ2n) is 9.61. The van der Waals surface area contributed by atoms with E-state index in [2.05, 4.69) is 4.90 Å². The van der Waals surface area contributed by atoms with Crippen molar-refractivity contribution in [2.24, 2.45) is 11.3 Å². The first-order chi connectivity index (χ1) is 15.1. The van der Waals surface area contributed by atoms with Gasteiger partial charge in [-0.15, -0.1) is 0 Å². The van der Waals surface area contributed by atoms with Crippen LogP contribution in [0.25, 0.3) is 0 Å². The van der Waals surface area contributed by atoms with Crippen molar-refractivity contribution in [2.75, 3.05) is 46.5 Å². The number of benzene rings is 1. The lowest BCUT2D eigenvalue weighted by Gasteiger charge is -2.42. The first kappa shape index (κ1) is 22.1. The summed E-state index contributed by atoms with van der Waals surface area (Å²) in [5, 5.41) is 0. The highest BCUT2D eigenvalue weighted by molar-refractivity contribution is 5.96. The smallest absolute Gasteiger partial charge is 0.257 e. The topological polar surface area (TPSA) is 59.1 Å². The first-order valence-corrected chi connectivity index (χ1v) is 11.9. The molecule has 2 amide bonds. The fraction of sp³-hybridized carbons (Fsp3) is 0.680. The minimum atomic E-state index is -0.0363. The Labute approximate surface area is 185 Å². The van der Waals surface area contributed by atoms with Gasteiger partial charge in [-0.25, -0.2) is 0 Å². The summed E-state index contributed by atoms with van der Waals surface area (Å²) in [7, 11) is 1.81. The summed E-state index contributed by atoms with van der Waals surface area (Å²) in [6, 6.07) is 7.54. The van der Waals surface area contributed by atoms with Crippen molar-refractivity contribution < 1.29 is 19.1 Å². The number of amides is 2. The van der Waals surface area contributed by atoms with Crippen molar-refractivity contribution in [1.29, 1.82) is 0 Å². The monoisotopic (exact) mass is 428 g/mol. The predicted molar refractivity (Wildman–Crippen MR) is 119 cm³/mol. The molecule has 0 aromatic heterocycles. The van der Waals surface area contributed by atoms with Crippen LogP contribution >= 0.6 is 0 Å². The second kappa shape index (κ2) is 10.0. The maximum Gasteiger partial charge on any atom is 0.257 e. The molecule has 0 radical (unpaired) electrons. The van der Waals surface area contributed by atoms with Gasteiger partial charge in [0, 0.05) is 45.1 Å². The zero-order valence-electron chi connectivity index (χ0n) is 18.8. The number of hydrogen-bond acceptors (Lipinski definition) is 4. The highest BCUT2D eigenvalue weighted by Gasteiger charge is 2.37. The first-order valence-electron chi connectivity index (χ1n) is 11.9. The van der Waals surface area contributed by atoms with E-state index in [0.29, 0.717) is 42.9 Å². The molecule has 2 heterocycles. The third-order valence-corrected chi connectivity index (χ3v) is 7.15. The van der Waals surface area contributed by atoms with Gasteiger partial charge in [0.25, 0.3) is 5.91 Å². The number of piperidine rings is 1. The molecule has 6 heteroatoms. The summed E-state index contributed by atoms with van der Waals surface area (Å²) >= 11 is 0. The molecule has 0 unspecified atom stereocenters. The molecule has 1 aromatic rings. The number of ether oxygens (including phenoxy) is 2. The molecule has 1 saturated carbocycles. The third-order valence-electron chi connectivity index (χ3n) is 7.15. The van der Waals surface area contributed by atoms with Crippen LogP contribution in [0.3, 0.4) is 0 Å². The molecule has 1 spiro atoms. The van der Waals surface area contributed by atoms with Crippen molar-refractivity contribution in [3.8, 4) is 5.75 Å². The Balaban J connectivity index is 1.46. The fourth-order valence-electron chi connectivity index (χ4n) is 4.71. The Morgan fingerprint density at radius 3 is 2.61 bits per heavy atom. The third kappa shape index (κ3) is 5.79. The van der Waals surface area contributed by atoms with Gasteiger partial charge in [-0.2, -0.15) is 0 Å². The van der Waals surface area contributed by atoms with E-state index in [1.807, 2.05) is 31.3 Å². The highest BCUT2D eigenvalue weighted by atomic mass is 16.5. The number of rotatable bonds is 2. The zero-order chi connectivity index (χ0) is 21.7. The Kier molecular flexibility index (Phi) is 7.16. The van der Waals surface area contributed by atoms with Gasteiger partial charge < -0.3 is 19.3 Å². The number of likely N-dealkylation sites (tertiary alicyclic amines) is 1. The lowest BCUT2D eigenvalue weighted by Crippen LogP contribution is -2.45. The van der Waals surface area contributed by atoms with E-state index >= 15 is 0 Å². The van der Waals surface area contributed by atoms with Gasteiger partial charge in [0.2, 0.25) is 5.91 Å². The minimum absolute atomic E-state index is 0.0363. The van der Waals surface area contributed by atoms with Crippen molar-refractivity contribution in [3.63, 3.8) is 0 Å². The largest absolute Gasteiger partial charge is 0.492 e. The average molecular weight is 429 g/mol. The molecular formula is C25H36N2O4. The van der Waals surface area contributed by atoms with E-state index < -0.39 is 0 Å². The molecule has 1 aliphatic carbocycles. The van der Waals surface area contributed by atoms with Crippen LogP contribution in [-0.4, -0.2) is 68.1 Å². The van der Waals surface area contributed by atoms with Crippen LogP contribution in [0.15, 0.2) is 24.3 Å². The van der Waals surface area contributed by atoms with E-state index in [4.69, 9.17) is 9.47 Å². The molecule has 0 atom stereocenters. The molecular weight excluding hydrogens is 392 g/mol. The molecule has 170 valence electrons. The molecule has 31 heavy (non-hydrogen) atoms. The van der Waals surface area contributed by atoms with Crippen LogP contribution in [0.5, 0.6) is 5.75 Å². The second-order valence-corrected chi connectivity index (χ2v) is 9.61. The number of fused-ring (bicyclic) bond motifs is 1. The van der Waals surface area contributed by atoms with Crippen LogP contribution in [-0.2, 0) is 9.53 Å². The minimum Gasteiger partial charge on any atom is -0.492 e. The molecule has 6 nitrogen and oxygen atoms in total. The van der Waals surface area contributed by atoms with Crippen molar-refractivity contribution in [1.82, 2.24) is 9.80 Å². The summed E-state index contributed by atoms with van der Waals surface area (Å²) in [6.07, 6.45) is 8.25. The lowest BCUT2D eigenvalue weighted by atomic mass is 9.75. The normalized spacial score (nSPS) is 23.1. The van der Waals surface area contributed by atoms with Crippen LogP contribution in [0.1, 0.15) is 61.7 Å². The maximum absolute atomic E-state index is 12.9. The van der Waals surface area contributed by atoms with Gasteiger partial charge in [0.1, 0.15) is 5.75 Å². The molecule has 4 rings (SSSR count). The molecule has 0 bridgehead atoms. The van der Waals surface area contributed by atoms with Gasteiger partial charge in [-0.3, -0.25) is 9.59 Å². The van der Waals surface area contributed by atoms with Crippen LogP contribution < -0.4 is 4.74 Å². The summed E-state index contributed by atoms with van der Waals surface area (Å²) in [6.45, 7) is 4.06. The van der Waals surface area contributed by atoms with E-state index in [1.54, 1.807) is 4.90 Å².